The van der Waals surface area contributed by atoms with Crippen LogP contribution in [0, 0.1) is 11.8 Å². The van der Waals surface area contributed by atoms with Crippen LogP contribution in [0.1, 0.15) is 31.5 Å². The standard InChI is InChI=1S/C19H20ClN3O/c1-11(2)12-3-8-17-15(9-12)18-16(10-21-17)19(24)23(22-18)14-6-4-13(20)5-7-14/h4-7,10-12,22H,3,8-9H2,1-2H3. The quantitative estimate of drug-likeness (QED) is 0.762. The normalized spacial score (nSPS) is 17.4. The summed E-state index contributed by atoms with van der Waals surface area (Å²) in [5.41, 5.74) is 4.00. The number of pyridine rings is 1. The predicted molar refractivity (Wildman–Crippen MR) is 97.1 cm³/mol. The molecule has 0 spiro atoms. The van der Waals surface area contributed by atoms with E-state index < -0.39 is 0 Å². The first-order valence-electron chi connectivity index (χ1n) is 8.42. The Balaban J connectivity index is 1.88. The van der Waals surface area contributed by atoms with Gasteiger partial charge in [-0.2, -0.15) is 0 Å². The maximum atomic E-state index is 12.8. The van der Waals surface area contributed by atoms with Gasteiger partial charge in [-0.1, -0.05) is 25.4 Å². The Bertz CT molecular complexity index is 953. The fourth-order valence-corrected chi connectivity index (χ4v) is 3.75. The highest BCUT2D eigenvalue weighted by molar-refractivity contribution is 6.30. The second-order valence-electron chi connectivity index (χ2n) is 6.95. The number of aromatic amines is 1. The van der Waals surface area contributed by atoms with Crippen LogP contribution in [0.2, 0.25) is 5.02 Å². The number of benzene rings is 1. The van der Waals surface area contributed by atoms with E-state index >= 15 is 0 Å². The molecule has 0 amide bonds. The number of fused-ring (bicyclic) bond motifs is 3. The van der Waals surface area contributed by atoms with Crippen molar-refractivity contribution in [3.8, 4) is 5.69 Å². The molecule has 0 bridgehead atoms. The number of hydrogen-bond acceptors (Lipinski definition) is 2. The zero-order valence-corrected chi connectivity index (χ0v) is 14.6. The Hall–Kier alpha value is -2.07. The van der Waals surface area contributed by atoms with Crippen molar-refractivity contribution in [2.75, 3.05) is 0 Å². The van der Waals surface area contributed by atoms with E-state index in [1.807, 2.05) is 12.1 Å². The molecule has 4 nitrogen and oxygen atoms in total. The van der Waals surface area contributed by atoms with Crippen molar-refractivity contribution in [2.24, 2.45) is 11.8 Å². The number of nitrogens with one attached hydrogen (secondary N) is 1. The summed E-state index contributed by atoms with van der Waals surface area (Å²) >= 11 is 5.95. The SMILES string of the molecule is CC(C)C1CCc2ncc3c(=O)n(-c4ccc(Cl)cc4)[nH]c3c2C1. The minimum atomic E-state index is -0.0608. The lowest BCUT2D eigenvalue weighted by atomic mass is 9.79. The van der Waals surface area contributed by atoms with Crippen LogP contribution in [0.3, 0.4) is 0 Å². The first-order valence-corrected chi connectivity index (χ1v) is 8.80. The summed E-state index contributed by atoms with van der Waals surface area (Å²) < 4.78 is 1.59. The fraction of sp³-hybridized carbons (Fsp3) is 0.368. The van der Waals surface area contributed by atoms with Crippen LogP contribution in [0.25, 0.3) is 16.6 Å². The van der Waals surface area contributed by atoms with Gasteiger partial charge in [-0.15, -0.1) is 0 Å². The van der Waals surface area contributed by atoms with Gasteiger partial charge in [0.15, 0.2) is 0 Å². The third-order valence-corrected chi connectivity index (χ3v) is 5.42. The van der Waals surface area contributed by atoms with E-state index in [1.165, 1.54) is 12.0 Å². The van der Waals surface area contributed by atoms with Crippen molar-refractivity contribution in [2.45, 2.75) is 33.1 Å². The fourth-order valence-electron chi connectivity index (χ4n) is 3.63. The molecule has 124 valence electrons. The number of halogens is 1. The zero-order valence-electron chi connectivity index (χ0n) is 13.8. The molecule has 1 unspecified atom stereocenters. The average Bonchev–Trinajstić information content (AvgIpc) is 2.92. The number of rotatable bonds is 2. The van der Waals surface area contributed by atoms with Gasteiger partial charge >= 0.3 is 0 Å². The molecule has 3 aromatic rings. The Kier molecular flexibility index (Phi) is 3.72. The van der Waals surface area contributed by atoms with Gasteiger partial charge in [0.2, 0.25) is 0 Å². The number of nitrogens with zero attached hydrogens (tertiary/aromatic N) is 2. The Morgan fingerprint density at radius 2 is 2.04 bits per heavy atom. The molecule has 1 aliphatic rings. The van der Waals surface area contributed by atoms with E-state index in [-0.39, 0.29) is 5.56 Å². The molecular weight excluding hydrogens is 322 g/mol. The van der Waals surface area contributed by atoms with Crippen molar-refractivity contribution in [1.82, 2.24) is 14.8 Å². The zero-order chi connectivity index (χ0) is 16.8. The molecule has 2 heterocycles. The molecule has 0 radical (unpaired) electrons. The molecule has 1 N–H and O–H groups in total. The van der Waals surface area contributed by atoms with E-state index in [2.05, 4.69) is 23.9 Å². The van der Waals surface area contributed by atoms with Crippen LogP contribution >= 0.6 is 11.6 Å². The summed E-state index contributed by atoms with van der Waals surface area (Å²) in [6, 6.07) is 7.26. The maximum absolute atomic E-state index is 12.8. The highest BCUT2D eigenvalue weighted by Crippen LogP contribution is 2.32. The molecule has 0 fully saturated rings. The molecule has 0 saturated heterocycles. The van der Waals surface area contributed by atoms with Crippen molar-refractivity contribution < 1.29 is 0 Å². The first-order chi connectivity index (χ1) is 11.5. The van der Waals surface area contributed by atoms with Crippen LogP contribution in [0.5, 0.6) is 0 Å². The van der Waals surface area contributed by atoms with Crippen molar-refractivity contribution >= 4 is 22.5 Å². The topological polar surface area (TPSA) is 50.7 Å². The summed E-state index contributed by atoms with van der Waals surface area (Å²) in [4.78, 5) is 17.3. The molecular formula is C19H20ClN3O. The summed E-state index contributed by atoms with van der Waals surface area (Å²) in [6.07, 6.45) is 4.86. The lowest BCUT2D eigenvalue weighted by molar-refractivity contribution is 0.341. The minimum Gasteiger partial charge on any atom is -0.290 e. The van der Waals surface area contributed by atoms with Crippen molar-refractivity contribution in [3.63, 3.8) is 0 Å². The largest absolute Gasteiger partial charge is 0.290 e. The van der Waals surface area contributed by atoms with Gasteiger partial charge in [-0.3, -0.25) is 14.9 Å². The number of hydrogen-bond donors (Lipinski definition) is 1. The van der Waals surface area contributed by atoms with Crippen LogP contribution in [-0.2, 0) is 12.8 Å². The second-order valence-corrected chi connectivity index (χ2v) is 7.38. The van der Waals surface area contributed by atoms with E-state index in [0.717, 1.165) is 29.7 Å². The number of aryl methyl sites for hydroxylation is 1. The molecule has 0 aliphatic heterocycles. The second kappa shape index (κ2) is 5.78. The molecule has 1 aliphatic carbocycles. The van der Waals surface area contributed by atoms with Gasteiger partial charge in [0.1, 0.15) is 0 Å². The smallest absolute Gasteiger partial charge is 0.280 e. The van der Waals surface area contributed by atoms with Gasteiger partial charge in [0.05, 0.1) is 16.6 Å². The lowest BCUT2D eigenvalue weighted by Crippen LogP contribution is -2.20. The molecule has 1 aromatic carbocycles. The highest BCUT2D eigenvalue weighted by Gasteiger charge is 2.25. The third kappa shape index (κ3) is 2.46. The Labute approximate surface area is 145 Å². The van der Waals surface area contributed by atoms with Gasteiger partial charge < -0.3 is 0 Å². The highest BCUT2D eigenvalue weighted by atomic mass is 35.5. The summed E-state index contributed by atoms with van der Waals surface area (Å²) in [7, 11) is 0. The van der Waals surface area contributed by atoms with Crippen LogP contribution in [-0.4, -0.2) is 14.8 Å². The monoisotopic (exact) mass is 341 g/mol. The molecule has 5 heteroatoms. The molecule has 4 rings (SSSR count). The van der Waals surface area contributed by atoms with Gasteiger partial charge in [0, 0.05) is 16.9 Å². The average molecular weight is 342 g/mol. The molecule has 2 aromatic heterocycles. The Morgan fingerprint density at radius 1 is 1.29 bits per heavy atom. The summed E-state index contributed by atoms with van der Waals surface area (Å²) in [5.74, 6) is 1.28. The van der Waals surface area contributed by atoms with Crippen LogP contribution in [0.4, 0.5) is 0 Å². The van der Waals surface area contributed by atoms with Gasteiger partial charge in [0.25, 0.3) is 5.56 Å². The number of aromatic nitrogens is 3. The maximum Gasteiger partial charge on any atom is 0.280 e. The van der Waals surface area contributed by atoms with E-state index in [1.54, 1.807) is 23.0 Å². The van der Waals surface area contributed by atoms with Crippen molar-refractivity contribution in [3.05, 3.63) is 57.1 Å². The lowest BCUT2D eigenvalue weighted by Gasteiger charge is -2.26. The van der Waals surface area contributed by atoms with Gasteiger partial charge in [-0.25, -0.2) is 4.68 Å². The molecule has 1 atom stereocenters. The third-order valence-electron chi connectivity index (χ3n) is 5.17. The van der Waals surface area contributed by atoms with Gasteiger partial charge in [-0.05, 0) is 60.9 Å². The molecule has 0 saturated carbocycles. The number of H-pyrrole nitrogens is 1. The van der Waals surface area contributed by atoms with E-state index in [4.69, 9.17) is 11.6 Å². The van der Waals surface area contributed by atoms with E-state index in [0.29, 0.717) is 22.2 Å². The van der Waals surface area contributed by atoms with Crippen molar-refractivity contribution in [1.29, 1.82) is 0 Å². The minimum absolute atomic E-state index is 0.0608. The Morgan fingerprint density at radius 3 is 2.75 bits per heavy atom. The van der Waals surface area contributed by atoms with Crippen LogP contribution < -0.4 is 5.56 Å². The summed E-state index contributed by atoms with van der Waals surface area (Å²) in [6.45, 7) is 4.54. The molecule has 24 heavy (non-hydrogen) atoms. The predicted octanol–water partition coefficient (Wildman–Crippen LogP) is 4.13. The van der Waals surface area contributed by atoms with E-state index in [9.17, 15) is 4.79 Å². The van der Waals surface area contributed by atoms with Crippen LogP contribution in [0.15, 0.2) is 35.3 Å². The first kappa shape index (κ1) is 15.5. The summed E-state index contributed by atoms with van der Waals surface area (Å²) in [5, 5.41) is 4.62.